The van der Waals surface area contributed by atoms with E-state index in [0.29, 0.717) is 16.7 Å². The van der Waals surface area contributed by atoms with Crippen LogP contribution in [0.25, 0.3) is 0 Å². The minimum absolute atomic E-state index is 0.0796. The topological polar surface area (TPSA) is 140 Å². The lowest BCUT2D eigenvalue weighted by molar-refractivity contribution is -0.176. The predicted molar refractivity (Wildman–Crippen MR) is 200 cm³/mol. The second-order valence-corrected chi connectivity index (χ2v) is 13.9. The highest BCUT2D eigenvalue weighted by Gasteiger charge is 2.41. The molecule has 0 bridgehead atoms. The molecule has 0 N–H and O–H groups in total. The number of esters is 3. The van der Waals surface area contributed by atoms with Crippen LogP contribution in [0.5, 0.6) is 0 Å². The van der Waals surface area contributed by atoms with Gasteiger partial charge in [0.05, 0.1) is 0 Å². The molecule has 0 unspecified atom stereocenters. The van der Waals surface area contributed by atoms with Crippen LogP contribution in [0, 0.1) is 17.5 Å². The zero-order valence-electron chi connectivity index (χ0n) is 32.8. The second kappa shape index (κ2) is 19.9. The van der Waals surface area contributed by atoms with E-state index in [1.54, 1.807) is 20.8 Å². The van der Waals surface area contributed by atoms with Gasteiger partial charge in [-0.3, -0.25) is 14.4 Å². The van der Waals surface area contributed by atoms with Crippen molar-refractivity contribution in [2.45, 2.75) is 95.7 Å². The number of carbonyl (C=O) groups excluding carboxylic acids is 6. The van der Waals surface area contributed by atoms with Crippen LogP contribution < -0.4 is 0 Å². The molecule has 1 aliphatic rings. The number of rotatable bonds is 9. The van der Waals surface area contributed by atoms with Crippen molar-refractivity contribution in [2.24, 2.45) is 0 Å². The van der Waals surface area contributed by atoms with Crippen molar-refractivity contribution in [1.29, 1.82) is 0 Å². The minimum atomic E-state index is -1.50. The van der Waals surface area contributed by atoms with Crippen LogP contribution in [-0.2, 0) is 62.2 Å². The Morgan fingerprint density at radius 1 is 0.456 bits per heavy atom. The average Bonchev–Trinajstić information content (AvgIpc) is 3.19. The normalized spacial score (nSPS) is 23.4. The van der Waals surface area contributed by atoms with Gasteiger partial charge < -0.3 is 28.9 Å². The number of benzene rings is 3. The summed E-state index contributed by atoms with van der Waals surface area (Å²) in [6.07, 6.45) is -5.54. The molecule has 0 radical (unpaired) electrons. The van der Waals surface area contributed by atoms with Gasteiger partial charge in [-0.2, -0.15) is 0 Å². The fourth-order valence-electron chi connectivity index (χ4n) is 6.52. The molecule has 306 valence electrons. The van der Waals surface area contributed by atoms with Gasteiger partial charge in [-0.25, -0.2) is 27.6 Å². The number of halogens is 3. The molecule has 3 amide bonds. The Morgan fingerprint density at radius 3 is 0.912 bits per heavy atom. The number of nitrogens with zero attached hydrogens (tertiary/aromatic N) is 3. The van der Waals surface area contributed by atoms with Crippen LogP contribution in [0.15, 0.2) is 72.8 Å². The lowest BCUT2D eigenvalue weighted by Gasteiger charge is -2.35. The lowest BCUT2D eigenvalue weighted by Crippen LogP contribution is -2.55. The first-order chi connectivity index (χ1) is 27.1. The number of ether oxygens (including phenoxy) is 3. The van der Waals surface area contributed by atoms with E-state index >= 15 is 0 Å². The highest BCUT2D eigenvalue weighted by Crippen LogP contribution is 2.22. The van der Waals surface area contributed by atoms with E-state index in [4.69, 9.17) is 14.2 Å². The molecule has 3 aromatic carbocycles. The van der Waals surface area contributed by atoms with E-state index in [0.717, 1.165) is 14.7 Å². The van der Waals surface area contributed by atoms with Gasteiger partial charge in [0.15, 0.2) is 18.3 Å². The summed E-state index contributed by atoms with van der Waals surface area (Å²) < 4.78 is 60.1. The first kappa shape index (κ1) is 44.0. The van der Waals surface area contributed by atoms with Crippen molar-refractivity contribution in [3.8, 4) is 0 Å². The van der Waals surface area contributed by atoms with Crippen molar-refractivity contribution in [2.75, 3.05) is 21.1 Å². The third kappa shape index (κ3) is 11.2. The van der Waals surface area contributed by atoms with Crippen LogP contribution >= 0.6 is 0 Å². The Hall–Kier alpha value is -5.73. The van der Waals surface area contributed by atoms with E-state index in [2.05, 4.69) is 0 Å². The molecule has 0 saturated carbocycles. The summed E-state index contributed by atoms with van der Waals surface area (Å²) in [5, 5.41) is 0. The zero-order chi connectivity index (χ0) is 42.0. The Labute approximate surface area is 329 Å². The summed E-state index contributed by atoms with van der Waals surface area (Å²) in [7, 11) is 3.82. The number of cyclic esters (lactones) is 3. The number of carbonyl (C=O) groups is 6. The molecule has 1 heterocycles. The van der Waals surface area contributed by atoms with Crippen LogP contribution in [0.2, 0.25) is 0 Å². The SMILES string of the molecule is CC[C@H]1OC(=O)[C@H](Cc2cccc(F)c2)N(C)C(=O)[C@@H](CC)OC(=O)[C@H](Cc2cccc(F)c2)N(C)C(=O)[C@@H](CC)OC(=O)[C@H](Cc2cccc(F)c2)N(C)C1=O. The van der Waals surface area contributed by atoms with Gasteiger partial charge in [0, 0.05) is 40.4 Å². The molecule has 0 spiro atoms. The molecule has 1 saturated heterocycles. The third-order valence-corrected chi connectivity index (χ3v) is 9.93. The van der Waals surface area contributed by atoms with Gasteiger partial charge in [-0.15, -0.1) is 0 Å². The molecular formula is C42H48F3N3O9. The van der Waals surface area contributed by atoms with Crippen molar-refractivity contribution < 1.29 is 56.1 Å². The highest BCUT2D eigenvalue weighted by atomic mass is 19.1. The van der Waals surface area contributed by atoms with E-state index in [1.807, 2.05) is 0 Å². The van der Waals surface area contributed by atoms with E-state index < -0.39 is 89.5 Å². The maximum atomic E-state index is 14.3. The fourth-order valence-corrected chi connectivity index (χ4v) is 6.52. The van der Waals surface area contributed by atoms with E-state index in [-0.39, 0.29) is 38.5 Å². The summed E-state index contributed by atoms with van der Waals surface area (Å²) in [6.45, 7) is 4.67. The number of likely N-dealkylation sites (N-methyl/N-ethyl adjacent to an activating group) is 3. The molecule has 4 rings (SSSR count). The van der Waals surface area contributed by atoms with Gasteiger partial charge >= 0.3 is 17.9 Å². The van der Waals surface area contributed by atoms with Crippen molar-refractivity contribution in [3.63, 3.8) is 0 Å². The van der Waals surface area contributed by atoms with Crippen LogP contribution in [0.4, 0.5) is 13.2 Å². The third-order valence-electron chi connectivity index (χ3n) is 9.93. The maximum Gasteiger partial charge on any atom is 0.329 e. The minimum Gasteiger partial charge on any atom is -0.451 e. The van der Waals surface area contributed by atoms with Crippen molar-refractivity contribution in [3.05, 3.63) is 107 Å². The summed E-state index contributed by atoms with van der Waals surface area (Å²) in [6, 6.07) is 11.5. The first-order valence-corrected chi connectivity index (χ1v) is 18.7. The van der Waals surface area contributed by atoms with Gasteiger partial charge in [-0.1, -0.05) is 57.2 Å². The summed E-state index contributed by atoms with van der Waals surface area (Å²) in [5.74, 6) is -7.47. The molecule has 57 heavy (non-hydrogen) atoms. The summed E-state index contributed by atoms with van der Waals surface area (Å²) in [5.41, 5.74) is 0.914. The fraction of sp³-hybridized carbons (Fsp3) is 0.429. The average molecular weight is 796 g/mol. The van der Waals surface area contributed by atoms with E-state index in [1.165, 1.54) is 93.9 Å². The number of hydrogen-bond acceptors (Lipinski definition) is 9. The van der Waals surface area contributed by atoms with Crippen molar-refractivity contribution >= 4 is 35.6 Å². The Morgan fingerprint density at radius 2 is 0.702 bits per heavy atom. The largest absolute Gasteiger partial charge is 0.451 e. The van der Waals surface area contributed by atoms with Gasteiger partial charge in [-0.05, 0) is 72.4 Å². The Balaban J connectivity index is 1.84. The lowest BCUT2D eigenvalue weighted by atomic mass is 10.0. The Kier molecular flexibility index (Phi) is 15.4. The van der Waals surface area contributed by atoms with Crippen LogP contribution in [0.1, 0.15) is 56.7 Å². The molecular weight excluding hydrogens is 747 g/mol. The highest BCUT2D eigenvalue weighted by molar-refractivity contribution is 5.94. The number of amides is 3. The zero-order valence-corrected chi connectivity index (χ0v) is 32.8. The molecule has 1 fully saturated rings. The molecule has 15 heteroatoms. The maximum absolute atomic E-state index is 14.3. The number of hydrogen-bond donors (Lipinski definition) is 0. The first-order valence-electron chi connectivity index (χ1n) is 18.7. The molecule has 0 aliphatic carbocycles. The predicted octanol–water partition coefficient (Wildman–Crippen LogP) is 4.59. The molecule has 1 aliphatic heterocycles. The van der Waals surface area contributed by atoms with Crippen LogP contribution in [0.3, 0.4) is 0 Å². The monoisotopic (exact) mass is 795 g/mol. The standard InChI is InChI=1S/C42H48F3N3O9/c1-7-34-37(49)46(4)32(23-26-14-11-17-29(44)20-26)41(53)56-36(9-3)39(51)48(6)33(24-27-15-12-18-30(45)21-27)42(54)57-35(8-2)38(50)47(5)31(40(52)55-34)22-25-13-10-16-28(43)19-25/h10-21,31-36H,7-9,22-24H2,1-6H3/t31-,32-,33-,34+,35+,36+/m0/s1. The van der Waals surface area contributed by atoms with Gasteiger partial charge in [0.2, 0.25) is 0 Å². The summed E-state index contributed by atoms with van der Waals surface area (Å²) in [4.78, 5) is 87.5. The second-order valence-electron chi connectivity index (χ2n) is 13.9. The summed E-state index contributed by atoms with van der Waals surface area (Å²) >= 11 is 0. The molecule has 0 aromatic heterocycles. The van der Waals surface area contributed by atoms with Crippen LogP contribution in [-0.4, -0.2) is 108 Å². The molecule has 3 aromatic rings. The molecule has 12 nitrogen and oxygen atoms in total. The van der Waals surface area contributed by atoms with E-state index in [9.17, 15) is 41.9 Å². The smallest absolute Gasteiger partial charge is 0.329 e. The molecule has 6 atom stereocenters. The van der Waals surface area contributed by atoms with Gasteiger partial charge in [0.25, 0.3) is 17.7 Å². The quantitative estimate of drug-likeness (QED) is 0.225. The Bertz CT molecular complexity index is 1730. The van der Waals surface area contributed by atoms with Crippen molar-refractivity contribution in [1.82, 2.24) is 14.7 Å². The van der Waals surface area contributed by atoms with Gasteiger partial charge in [0.1, 0.15) is 35.6 Å².